The summed E-state index contributed by atoms with van der Waals surface area (Å²) in [5, 5.41) is 8.87. The minimum Gasteiger partial charge on any atom is -0.476 e. The predicted molar refractivity (Wildman–Crippen MR) is 59.7 cm³/mol. The second kappa shape index (κ2) is 4.49. The van der Waals surface area contributed by atoms with Gasteiger partial charge in [-0.25, -0.2) is 9.79 Å². The third-order valence-electron chi connectivity index (χ3n) is 2.06. The van der Waals surface area contributed by atoms with Crippen molar-refractivity contribution in [2.45, 2.75) is 19.8 Å². The fourth-order valence-electron chi connectivity index (χ4n) is 1.03. The number of nitrogens with zero attached hydrogens (tertiary/aromatic N) is 1. The number of aliphatic carboxylic acids is 1. The summed E-state index contributed by atoms with van der Waals surface area (Å²) in [6, 6.07) is 0. The molecular formula is C10H13ClN2O2. The number of hydrogen-bond donors (Lipinski definition) is 2. The van der Waals surface area contributed by atoms with Gasteiger partial charge in [0.1, 0.15) is 0 Å². The number of aliphatic imine (C=N–C) groups is 1. The number of halogens is 1. The molecule has 3 N–H and O–H groups in total. The number of nitrogens with two attached hydrogens (primary N) is 1. The molecule has 0 amide bonds. The summed E-state index contributed by atoms with van der Waals surface area (Å²) in [4.78, 5) is 14.8. The van der Waals surface area contributed by atoms with E-state index in [2.05, 4.69) is 11.6 Å². The van der Waals surface area contributed by atoms with Crippen molar-refractivity contribution >= 4 is 23.3 Å². The second-order valence-electron chi connectivity index (χ2n) is 3.53. The zero-order valence-electron chi connectivity index (χ0n) is 8.46. The first kappa shape index (κ1) is 11.8. The highest BCUT2D eigenvalue weighted by Gasteiger charge is 2.26. The Hall–Kier alpha value is -1.29. The van der Waals surface area contributed by atoms with Crippen LogP contribution in [0, 0.1) is 5.92 Å². The Morgan fingerprint density at radius 1 is 1.60 bits per heavy atom. The molecule has 0 spiro atoms. The van der Waals surface area contributed by atoms with Gasteiger partial charge in [-0.15, -0.1) is 0 Å². The molecule has 1 saturated carbocycles. The Balaban J connectivity index is 2.96. The van der Waals surface area contributed by atoms with Crippen molar-refractivity contribution in [1.29, 1.82) is 0 Å². The van der Waals surface area contributed by atoms with Crippen LogP contribution in [0.4, 0.5) is 0 Å². The minimum absolute atomic E-state index is 0.0238. The van der Waals surface area contributed by atoms with Crippen LogP contribution >= 0.6 is 11.6 Å². The van der Waals surface area contributed by atoms with Crippen LogP contribution in [0.5, 0.6) is 0 Å². The molecule has 0 atom stereocenters. The van der Waals surface area contributed by atoms with Gasteiger partial charge in [0.25, 0.3) is 0 Å². The molecule has 5 heteroatoms. The van der Waals surface area contributed by atoms with Crippen molar-refractivity contribution in [2.24, 2.45) is 16.6 Å². The van der Waals surface area contributed by atoms with Crippen LogP contribution in [-0.2, 0) is 4.79 Å². The van der Waals surface area contributed by atoms with E-state index in [-0.39, 0.29) is 16.4 Å². The van der Waals surface area contributed by atoms with Crippen molar-refractivity contribution in [3.05, 3.63) is 23.0 Å². The van der Waals surface area contributed by atoms with E-state index in [0.717, 1.165) is 12.8 Å². The van der Waals surface area contributed by atoms with Crippen LogP contribution in [-0.4, -0.2) is 16.8 Å². The number of rotatable bonds is 4. The summed E-state index contributed by atoms with van der Waals surface area (Å²) in [6.07, 6.45) is 2.02. The van der Waals surface area contributed by atoms with Crippen molar-refractivity contribution in [2.75, 3.05) is 0 Å². The molecule has 1 aliphatic rings. The van der Waals surface area contributed by atoms with Gasteiger partial charge >= 0.3 is 5.97 Å². The fourth-order valence-corrected chi connectivity index (χ4v) is 1.15. The Morgan fingerprint density at radius 2 is 2.13 bits per heavy atom. The Morgan fingerprint density at radius 3 is 2.47 bits per heavy atom. The predicted octanol–water partition coefficient (Wildman–Crippen LogP) is 1.86. The lowest BCUT2D eigenvalue weighted by molar-refractivity contribution is -0.129. The summed E-state index contributed by atoms with van der Waals surface area (Å²) < 4.78 is 0. The quantitative estimate of drug-likeness (QED) is 0.722. The molecular weight excluding hydrogens is 216 g/mol. The topological polar surface area (TPSA) is 75.7 Å². The van der Waals surface area contributed by atoms with Crippen LogP contribution in [0.25, 0.3) is 0 Å². The van der Waals surface area contributed by atoms with Crippen LogP contribution in [0.15, 0.2) is 28.0 Å². The van der Waals surface area contributed by atoms with E-state index < -0.39 is 5.97 Å². The normalized spacial score (nSPS) is 18.4. The molecule has 1 fully saturated rings. The molecule has 0 saturated heterocycles. The summed E-state index contributed by atoms with van der Waals surface area (Å²) in [5.74, 6) is -0.881. The molecule has 0 aromatic rings. The second-order valence-corrected chi connectivity index (χ2v) is 3.91. The van der Waals surface area contributed by atoms with E-state index in [1.165, 1.54) is 6.92 Å². The van der Waals surface area contributed by atoms with E-state index in [1.54, 1.807) is 0 Å². The summed E-state index contributed by atoms with van der Waals surface area (Å²) >= 11 is 5.75. The van der Waals surface area contributed by atoms with Gasteiger partial charge in [-0.05, 0) is 19.8 Å². The first-order valence-electron chi connectivity index (χ1n) is 4.56. The number of hydrogen-bond acceptors (Lipinski definition) is 3. The van der Waals surface area contributed by atoms with Gasteiger partial charge in [0.05, 0.1) is 5.03 Å². The van der Waals surface area contributed by atoms with E-state index >= 15 is 0 Å². The van der Waals surface area contributed by atoms with Crippen LogP contribution in [0.3, 0.4) is 0 Å². The monoisotopic (exact) mass is 228 g/mol. The van der Waals surface area contributed by atoms with Crippen LogP contribution < -0.4 is 5.73 Å². The Kier molecular flexibility index (Phi) is 3.52. The zero-order valence-corrected chi connectivity index (χ0v) is 9.21. The molecule has 0 radical (unpaired) electrons. The number of carboxylic acid groups (broad SMARTS) is 1. The van der Waals surface area contributed by atoms with E-state index in [0.29, 0.717) is 11.6 Å². The maximum absolute atomic E-state index is 10.9. The van der Waals surface area contributed by atoms with Gasteiger partial charge in [-0.2, -0.15) is 0 Å². The van der Waals surface area contributed by atoms with Gasteiger partial charge < -0.3 is 10.8 Å². The highest BCUT2D eigenvalue weighted by atomic mass is 35.5. The van der Waals surface area contributed by atoms with Gasteiger partial charge in [0.2, 0.25) is 0 Å². The lowest BCUT2D eigenvalue weighted by Gasteiger charge is -2.03. The Bertz CT molecular complexity index is 364. The average molecular weight is 229 g/mol. The number of allylic oxidation sites excluding steroid dienone is 2. The molecule has 0 aromatic heterocycles. The third-order valence-corrected chi connectivity index (χ3v) is 2.54. The first-order valence-corrected chi connectivity index (χ1v) is 4.94. The molecule has 82 valence electrons. The molecule has 0 aliphatic heterocycles. The van der Waals surface area contributed by atoms with Crippen molar-refractivity contribution in [3.63, 3.8) is 0 Å². The highest BCUT2D eigenvalue weighted by molar-refractivity contribution is 6.58. The van der Waals surface area contributed by atoms with Crippen molar-refractivity contribution in [3.8, 4) is 0 Å². The number of carbonyl (C=O) groups is 1. The number of carboxylic acids is 1. The van der Waals surface area contributed by atoms with E-state index in [4.69, 9.17) is 22.4 Å². The summed E-state index contributed by atoms with van der Waals surface area (Å²) in [7, 11) is 0. The zero-order chi connectivity index (χ0) is 11.6. The highest BCUT2D eigenvalue weighted by Crippen LogP contribution is 2.36. The van der Waals surface area contributed by atoms with Crippen molar-refractivity contribution < 1.29 is 9.90 Å². The van der Waals surface area contributed by atoms with E-state index in [9.17, 15) is 4.79 Å². The van der Waals surface area contributed by atoms with Gasteiger partial charge in [0.15, 0.2) is 5.71 Å². The third kappa shape index (κ3) is 3.09. The molecule has 4 nitrogen and oxygen atoms in total. The molecule has 15 heavy (non-hydrogen) atoms. The molecule has 1 rings (SSSR count). The largest absolute Gasteiger partial charge is 0.476 e. The van der Waals surface area contributed by atoms with Crippen LogP contribution in [0.1, 0.15) is 19.8 Å². The fraction of sp³-hybridized carbons (Fsp3) is 0.400. The SMILES string of the molecule is C=C(N=C(C(=O)O)/C(Cl)=C(/C)N)C1CC1. The Labute approximate surface area is 93.1 Å². The molecule has 1 aliphatic carbocycles. The lowest BCUT2D eigenvalue weighted by Crippen LogP contribution is -2.16. The van der Waals surface area contributed by atoms with Gasteiger partial charge in [-0.3, -0.25) is 0 Å². The van der Waals surface area contributed by atoms with Crippen molar-refractivity contribution in [1.82, 2.24) is 0 Å². The van der Waals surface area contributed by atoms with Gasteiger partial charge in [-0.1, -0.05) is 18.2 Å². The van der Waals surface area contributed by atoms with E-state index in [1.807, 2.05) is 0 Å². The lowest BCUT2D eigenvalue weighted by atomic mass is 10.2. The maximum Gasteiger partial charge on any atom is 0.356 e. The first-order chi connectivity index (χ1) is 6.93. The molecule has 0 aromatic carbocycles. The minimum atomic E-state index is -1.19. The molecule has 0 unspecified atom stereocenters. The maximum atomic E-state index is 10.9. The smallest absolute Gasteiger partial charge is 0.356 e. The molecule has 0 bridgehead atoms. The molecule has 0 heterocycles. The average Bonchev–Trinajstić information content (AvgIpc) is 2.94. The standard InChI is InChI=1S/C10H13ClN2O2/c1-5(12)8(11)9(10(14)15)13-6(2)7-3-4-7/h7H,2-4,12H2,1H3,(H,14,15)/b8-5+,13-9?. The summed E-state index contributed by atoms with van der Waals surface area (Å²) in [6.45, 7) is 5.24. The van der Waals surface area contributed by atoms with Crippen LogP contribution in [0.2, 0.25) is 0 Å². The summed E-state index contributed by atoms with van der Waals surface area (Å²) in [5.41, 5.74) is 5.99. The van der Waals surface area contributed by atoms with Gasteiger partial charge in [0, 0.05) is 17.3 Å².